The summed E-state index contributed by atoms with van der Waals surface area (Å²) in [5.41, 5.74) is 8.17. The molecule has 1 unspecified atom stereocenters. The maximum absolute atomic E-state index is 5.96. The second-order valence-corrected chi connectivity index (χ2v) is 4.61. The molecule has 2 N–H and O–H groups in total. The van der Waals surface area contributed by atoms with Gasteiger partial charge in [0, 0.05) is 6.54 Å². The Balaban J connectivity index is 2.10. The van der Waals surface area contributed by atoms with Crippen LogP contribution < -0.4 is 15.2 Å². The Bertz CT molecular complexity index is 520. The predicted octanol–water partition coefficient (Wildman–Crippen LogP) is 3.34. The van der Waals surface area contributed by atoms with Crippen molar-refractivity contribution in [2.45, 2.75) is 19.4 Å². The zero-order valence-electron chi connectivity index (χ0n) is 12.0. The van der Waals surface area contributed by atoms with E-state index in [1.807, 2.05) is 36.4 Å². The van der Waals surface area contributed by atoms with Gasteiger partial charge in [-0.1, -0.05) is 31.2 Å². The minimum Gasteiger partial charge on any atom is -0.497 e. The molecule has 0 fully saturated rings. The van der Waals surface area contributed by atoms with E-state index in [4.69, 9.17) is 15.2 Å². The number of hydrogen-bond donors (Lipinski definition) is 1. The van der Waals surface area contributed by atoms with E-state index < -0.39 is 0 Å². The van der Waals surface area contributed by atoms with Crippen molar-refractivity contribution in [3.8, 4) is 11.5 Å². The Morgan fingerprint density at radius 3 is 2.05 bits per heavy atom. The van der Waals surface area contributed by atoms with Crippen molar-refractivity contribution in [3.63, 3.8) is 0 Å². The van der Waals surface area contributed by atoms with Crippen LogP contribution in [0.4, 0.5) is 0 Å². The van der Waals surface area contributed by atoms with Gasteiger partial charge in [-0.15, -0.1) is 0 Å². The summed E-state index contributed by atoms with van der Waals surface area (Å²) in [7, 11) is 1.65. The molecule has 0 bridgehead atoms. The fraction of sp³-hybridized carbons (Fsp3) is 0.294. The van der Waals surface area contributed by atoms with Crippen molar-refractivity contribution in [2.75, 3.05) is 13.7 Å². The summed E-state index contributed by atoms with van der Waals surface area (Å²) in [6.07, 6.45) is 0.882. The molecule has 0 aliphatic rings. The van der Waals surface area contributed by atoms with Crippen LogP contribution in [0, 0.1) is 0 Å². The van der Waals surface area contributed by atoms with E-state index in [-0.39, 0.29) is 6.10 Å². The highest BCUT2D eigenvalue weighted by Gasteiger charge is 2.11. The zero-order chi connectivity index (χ0) is 14.4. The minimum atomic E-state index is -0.145. The second kappa shape index (κ2) is 6.96. The van der Waals surface area contributed by atoms with Crippen molar-refractivity contribution >= 4 is 0 Å². The molecule has 3 nitrogen and oxygen atoms in total. The van der Waals surface area contributed by atoms with Crippen molar-refractivity contribution in [2.24, 2.45) is 5.73 Å². The summed E-state index contributed by atoms with van der Waals surface area (Å²) in [5.74, 6) is 1.67. The Hall–Kier alpha value is -2.00. The van der Waals surface area contributed by atoms with E-state index in [9.17, 15) is 0 Å². The molecule has 2 aromatic rings. The van der Waals surface area contributed by atoms with Crippen molar-refractivity contribution in [1.82, 2.24) is 0 Å². The minimum absolute atomic E-state index is 0.145. The normalized spacial score (nSPS) is 11.9. The Labute approximate surface area is 120 Å². The Morgan fingerprint density at radius 2 is 1.55 bits per heavy atom. The molecule has 0 heterocycles. The SMILES string of the molecule is CCc1ccc(OC(CN)c2ccc(OC)cc2)cc1. The maximum atomic E-state index is 5.96. The second-order valence-electron chi connectivity index (χ2n) is 4.61. The number of hydrogen-bond acceptors (Lipinski definition) is 3. The summed E-state index contributed by atoms with van der Waals surface area (Å²) in [5, 5.41) is 0. The van der Waals surface area contributed by atoms with Gasteiger partial charge in [0.15, 0.2) is 0 Å². The average molecular weight is 271 g/mol. The third-order valence-corrected chi connectivity index (χ3v) is 3.31. The van der Waals surface area contributed by atoms with Crippen LogP contribution >= 0.6 is 0 Å². The van der Waals surface area contributed by atoms with Crippen LogP contribution in [0.25, 0.3) is 0 Å². The molecule has 0 radical (unpaired) electrons. The maximum Gasteiger partial charge on any atom is 0.136 e. The van der Waals surface area contributed by atoms with Crippen molar-refractivity contribution in [3.05, 3.63) is 59.7 Å². The van der Waals surface area contributed by atoms with E-state index in [0.29, 0.717) is 6.54 Å². The average Bonchev–Trinajstić information content (AvgIpc) is 2.53. The predicted molar refractivity (Wildman–Crippen MR) is 81.2 cm³/mol. The number of methoxy groups -OCH3 is 1. The van der Waals surface area contributed by atoms with E-state index in [2.05, 4.69) is 19.1 Å². The summed E-state index contributed by atoms with van der Waals surface area (Å²) in [6.45, 7) is 2.57. The standard InChI is InChI=1S/C17H21NO2/c1-3-13-4-8-16(9-5-13)20-17(12-18)14-6-10-15(19-2)11-7-14/h4-11,17H,3,12,18H2,1-2H3. The van der Waals surface area contributed by atoms with E-state index in [1.165, 1.54) is 5.56 Å². The quantitative estimate of drug-likeness (QED) is 0.876. The molecular formula is C17H21NO2. The lowest BCUT2D eigenvalue weighted by atomic mass is 10.1. The van der Waals surface area contributed by atoms with Crippen LogP contribution in [-0.2, 0) is 6.42 Å². The molecule has 1 atom stereocenters. The number of benzene rings is 2. The van der Waals surface area contributed by atoms with Gasteiger partial charge in [0.2, 0.25) is 0 Å². The summed E-state index contributed by atoms with van der Waals surface area (Å²) < 4.78 is 11.1. The fourth-order valence-electron chi connectivity index (χ4n) is 2.04. The lowest BCUT2D eigenvalue weighted by molar-refractivity contribution is 0.214. The largest absolute Gasteiger partial charge is 0.497 e. The van der Waals surface area contributed by atoms with Gasteiger partial charge < -0.3 is 15.2 Å². The molecule has 2 rings (SSSR count). The molecule has 0 saturated carbocycles. The third kappa shape index (κ3) is 3.52. The smallest absolute Gasteiger partial charge is 0.136 e. The molecular weight excluding hydrogens is 250 g/mol. The van der Waals surface area contributed by atoms with Crippen LogP contribution in [0.15, 0.2) is 48.5 Å². The Morgan fingerprint density at radius 1 is 0.950 bits per heavy atom. The van der Waals surface area contributed by atoms with E-state index in [0.717, 1.165) is 23.5 Å². The van der Waals surface area contributed by atoms with Crippen molar-refractivity contribution in [1.29, 1.82) is 0 Å². The van der Waals surface area contributed by atoms with Crippen molar-refractivity contribution < 1.29 is 9.47 Å². The van der Waals surface area contributed by atoms with Crippen LogP contribution in [-0.4, -0.2) is 13.7 Å². The number of rotatable bonds is 6. The van der Waals surface area contributed by atoms with Crippen LogP contribution in [0.2, 0.25) is 0 Å². The molecule has 20 heavy (non-hydrogen) atoms. The van der Waals surface area contributed by atoms with Gasteiger partial charge >= 0.3 is 0 Å². The molecule has 0 aromatic heterocycles. The van der Waals surface area contributed by atoms with Gasteiger partial charge in [-0.3, -0.25) is 0 Å². The Kier molecular flexibility index (Phi) is 5.02. The topological polar surface area (TPSA) is 44.5 Å². The summed E-state index contributed by atoms with van der Waals surface area (Å²) in [4.78, 5) is 0. The van der Waals surface area contributed by atoms with Gasteiger partial charge in [0.25, 0.3) is 0 Å². The zero-order valence-corrected chi connectivity index (χ0v) is 12.0. The number of ether oxygens (including phenoxy) is 2. The lowest BCUT2D eigenvalue weighted by Crippen LogP contribution is -2.18. The van der Waals surface area contributed by atoms with E-state index >= 15 is 0 Å². The van der Waals surface area contributed by atoms with Crippen LogP contribution in [0.1, 0.15) is 24.2 Å². The number of nitrogens with two attached hydrogens (primary N) is 1. The van der Waals surface area contributed by atoms with Crippen LogP contribution in [0.3, 0.4) is 0 Å². The molecule has 0 spiro atoms. The highest BCUT2D eigenvalue weighted by molar-refractivity contribution is 5.31. The monoisotopic (exact) mass is 271 g/mol. The molecule has 106 valence electrons. The van der Waals surface area contributed by atoms with Gasteiger partial charge in [-0.05, 0) is 41.8 Å². The highest BCUT2D eigenvalue weighted by atomic mass is 16.5. The van der Waals surface area contributed by atoms with E-state index in [1.54, 1.807) is 7.11 Å². The first-order valence-corrected chi connectivity index (χ1v) is 6.86. The molecule has 0 aliphatic heterocycles. The molecule has 0 amide bonds. The molecule has 0 aliphatic carbocycles. The van der Waals surface area contributed by atoms with Gasteiger partial charge in [0.05, 0.1) is 7.11 Å². The fourth-order valence-corrected chi connectivity index (χ4v) is 2.04. The number of aryl methyl sites for hydroxylation is 1. The first kappa shape index (κ1) is 14.4. The molecule has 3 heteroatoms. The first-order chi connectivity index (χ1) is 9.76. The summed E-state index contributed by atoms with van der Waals surface area (Å²) in [6, 6.07) is 15.9. The van der Waals surface area contributed by atoms with Gasteiger partial charge in [-0.25, -0.2) is 0 Å². The molecule has 0 saturated heterocycles. The summed E-state index contributed by atoms with van der Waals surface area (Å²) >= 11 is 0. The van der Waals surface area contributed by atoms with Crippen LogP contribution in [0.5, 0.6) is 11.5 Å². The first-order valence-electron chi connectivity index (χ1n) is 6.86. The van der Waals surface area contributed by atoms with Gasteiger partial charge in [-0.2, -0.15) is 0 Å². The highest BCUT2D eigenvalue weighted by Crippen LogP contribution is 2.23. The third-order valence-electron chi connectivity index (χ3n) is 3.31. The van der Waals surface area contributed by atoms with Gasteiger partial charge in [0.1, 0.15) is 17.6 Å². The molecule has 2 aromatic carbocycles. The lowest BCUT2D eigenvalue weighted by Gasteiger charge is -2.18.